The van der Waals surface area contributed by atoms with E-state index in [1.807, 2.05) is 30.3 Å². The number of fused-ring (bicyclic) bond motifs is 2. The summed E-state index contributed by atoms with van der Waals surface area (Å²) in [5.41, 5.74) is -0.312. The van der Waals surface area contributed by atoms with Crippen LogP contribution in [0.25, 0.3) is 0 Å². The third-order valence-corrected chi connectivity index (χ3v) is 11.4. The van der Waals surface area contributed by atoms with E-state index in [1.54, 1.807) is 4.90 Å². The Morgan fingerprint density at radius 3 is 2.39 bits per heavy atom. The van der Waals surface area contributed by atoms with Crippen LogP contribution in [0.2, 0.25) is 18.1 Å². The molecule has 0 spiro atoms. The molecule has 0 radical (unpaired) electrons. The van der Waals surface area contributed by atoms with Crippen LogP contribution >= 0.6 is 0 Å². The van der Waals surface area contributed by atoms with Gasteiger partial charge in [-0.2, -0.15) is 0 Å². The molecule has 2 aliphatic heterocycles. The van der Waals surface area contributed by atoms with E-state index in [9.17, 15) is 9.59 Å². The molecule has 2 bridgehead atoms. The molecule has 2 heterocycles. The van der Waals surface area contributed by atoms with E-state index in [0.717, 1.165) is 12.8 Å². The molecule has 1 aromatic carbocycles. The van der Waals surface area contributed by atoms with Gasteiger partial charge >= 0.3 is 5.97 Å². The summed E-state index contributed by atoms with van der Waals surface area (Å²) in [6, 6.07) is 9.13. The molecule has 0 unspecified atom stereocenters. The lowest BCUT2D eigenvalue weighted by Gasteiger charge is -2.43. The van der Waals surface area contributed by atoms with Crippen LogP contribution in [0.4, 0.5) is 0 Å². The SMILES string of the molecule is COC(=O)[C@]12CCC[C@H]([C@H](O[Si](C)(C)C(C)(C)C)C1)N2C(=O)c1ccccc1. The average Bonchev–Trinajstić information content (AvgIpc) is 2.82. The van der Waals surface area contributed by atoms with Crippen molar-refractivity contribution in [2.75, 3.05) is 7.11 Å². The molecule has 1 aromatic rings. The van der Waals surface area contributed by atoms with Crippen molar-refractivity contribution in [3.05, 3.63) is 35.9 Å². The van der Waals surface area contributed by atoms with Crippen LogP contribution < -0.4 is 0 Å². The second-order valence-electron chi connectivity index (χ2n) is 9.64. The second-order valence-corrected chi connectivity index (χ2v) is 14.4. The van der Waals surface area contributed by atoms with E-state index in [1.165, 1.54) is 7.11 Å². The first-order valence-corrected chi connectivity index (χ1v) is 13.1. The molecule has 2 fully saturated rings. The Hall–Kier alpha value is -1.66. The summed E-state index contributed by atoms with van der Waals surface area (Å²) in [6.07, 6.45) is 2.78. The minimum atomic E-state index is -2.04. The molecule has 0 aliphatic carbocycles. The Labute approximate surface area is 169 Å². The Kier molecular flexibility index (Phi) is 5.49. The minimum absolute atomic E-state index is 0.0659. The normalized spacial score (nSPS) is 27.6. The number of methoxy groups -OCH3 is 1. The molecule has 28 heavy (non-hydrogen) atoms. The van der Waals surface area contributed by atoms with Crippen LogP contribution in [0.3, 0.4) is 0 Å². The van der Waals surface area contributed by atoms with E-state index in [4.69, 9.17) is 9.16 Å². The fourth-order valence-corrected chi connectivity index (χ4v) is 5.76. The first kappa shape index (κ1) is 21.1. The topological polar surface area (TPSA) is 55.8 Å². The Morgan fingerprint density at radius 1 is 1.18 bits per heavy atom. The van der Waals surface area contributed by atoms with Gasteiger partial charge < -0.3 is 14.1 Å². The molecule has 1 amide bonds. The molecule has 0 saturated carbocycles. The van der Waals surface area contributed by atoms with E-state index in [2.05, 4.69) is 33.9 Å². The van der Waals surface area contributed by atoms with Gasteiger partial charge in [-0.3, -0.25) is 4.79 Å². The molecular formula is C22H33NO4Si. The van der Waals surface area contributed by atoms with Crippen molar-refractivity contribution >= 4 is 20.2 Å². The fourth-order valence-electron chi connectivity index (χ4n) is 4.41. The number of ether oxygens (including phenoxy) is 1. The van der Waals surface area contributed by atoms with Crippen molar-refractivity contribution in [1.29, 1.82) is 0 Å². The summed E-state index contributed by atoms with van der Waals surface area (Å²) in [5.74, 6) is -0.417. The van der Waals surface area contributed by atoms with Crippen LogP contribution in [0.15, 0.2) is 30.3 Å². The van der Waals surface area contributed by atoms with Crippen LogP contribution in [0.1, 0.15) is 56.8 Å². The molecular weight excluding hydrogens is 370 g/mol. The van der Waals surface area contributed by atoms with Crippen LogP contribution in [0.5, 0.6) is 0 Å². The van der Waals surface area contributed by atoms with Crippen molar-refractivity contribution in [2.45, 2.75) is 82.3 Å². The Balaban J connectivity index is 2.00. The molecule has 6 heteroatoms. The number of nitrogens with zero attached hydrogens (tertiary/aromatic N) is 1. The molecule has 5 nitrogen and oxygen atoms in total. The van der Waals surface area contributed by atoms with Gasteiger partial charge in [0.05, 0.1) is 19.3 Å². The van der Waals surface area contributed by atoms with Crippen molar-refractivity contribution in [3.63, 3.8) is 0 Å². The number of carbonyl (C=O) groups is 2. The van der Waals surface area contributed by atoms with E-state index < -0.39 is 13.9 Å². The zero-order valence-corrected chi connectivity index (χ0v) is 19.0. The van der Waals surface area contributed by atoms with Crippen molar-refractivity contribution in [2.24, 2.45) is 0 Å². The van der Waals surface area contributed by atoms with Gasteiger partial charge in [0.15, 0.2) is 8.32 Å². The first-order chi connectivity index (χ1) is 13.0. The van der Waals surface area contributed by atoms with Crippen molar-refractivity contribution in [3.8, 4) is 0 Å². The van der Waals surface area contributed by atoms with Crippen molar-refractivity contribution in [1.82, 2.24) is 4.90 Å². The fraction of sp³-hybridized carbons (Fsp3) is 0.636. The van der Waals surface area contributed by atoms with Gasteiger partial charge in [0.25, 0.3) is 5.91 Å². The molecule has 154 valence electrons. The summed E-state index contributed by atoms with van der Waals surface area (Å²) in [7, 11) is -0.631. The molecule has 0 aromatic heterocycles. The number of hydrogen-bond donors (Lipinski definition) is 0. The van der Waals surface area contributed by atoms with E-state index in [0.29, 0.717) is 18.4 Å². The highest BCUT2D eigenvalue weighted by Gasteiger charge is 2.62. The summed E-state index contributed by atoms with van der Waals surface area (Å²) in [4.78, 5) is 28.2. The van der Waals surface area contributed by atoms with Gasteiger partial charge in [0, 0.05) is 12.0 Å². The highest BCUT2D eigenvalue weighted by Crippen LogP contribution is 2.49. The number of esters is 1. The quantitative estimate of drug-likeness (QED) is 0.553. The zero-order valence-electron chi connectivity index (χ0n) is 18.0. The number of hydrogen-bond acceptors (Lipinski definition) is 4. The third kappa shape index (κ3) is 3.41. The third-order valence-electron chi connectivity index (χ3n) is 6.91. The largest absolute Gasteiger partial charge is 0.467 e. The lowest BCUT2D eigenvalue weighted by atomic mass is 9.87. The number of benzene rings is 1. The van der Waals surface area contributed by atoms with Gasteiger partial charge in [-0.1, -0.05) is 39.0 Å². The lowest BCUT2D eigenvalue weighted by molar-refractivity contribution is -0.154. The van der Waals surface area contributed by atoms with Crippen LogP contribution in [-0.4, -0.2) is 49.9 Å². The van der Waals surface area contributed by atoms with Gasteiger partial charge in [-0.05, 0) is 49.5 Å². The molecule has 0 N–H and O–H groups in total. The number of rotatable bonds is 4. The van der Waals surface area contributed by atoms with Crippen LogP contribution in [0, 0.1) is 0 Å². The Bertz CT molecular complexity index is 743. The number of carbonyl (C=O) groups excluding carboxylic acids is 2. The van der Waals surface area contributed by atoms with E-state index in [-0.39, 0.29) is 29.1 Å². The monoisotopic (exact) mass is 403 g/mol. The van der Waals surface area contributed by atoms with Gasteiger partial charge in [-0.15, -0.1) is 0 Å². The summed E-state index contributed by atoms with van der Waals surface area (Å²) in [6.45, 7) is 11.1. The maximum Gasteiger partial charge on any atom is 0.331 e. The number of piperidine rings is 1. The predicted molar refractivity (Wildman–Crippen MR) is 112 cm³/mol. The second kappa shape index (κ2) is 7.30. The maximum atomic E-state index is 13.5. The van der Waals surface area contributed by atoms with Gasteiger partial charge in [0.2, 0.25) is 0 Å². The zero-order chi connectivity index (χ0) is 20.7. The van der Waals surface area contributed by atoms with Crippen LogP contribution in [-0.2, 0) is 14.0 Å². The standard InChI is InChI=1S/C22H33NO4Si/c1-21(2,3)28(5,6)27-18-15-22(20(25)26-4)14-10-13-17(18)23(22)19(24)16-11-8-7-9-12-16/h7-9,11-12,17-18H,10,13-15H2,1-6H3/t17-,18-,22+/m1/s1. The van der Waals surface area contributed by atoms with Gasteiger partial charge in [0.1, 0.15) is 5.54 Å². The smallest absolute Gasteiger partial charge is 0.331 e. The highest BCUT2D eigenvalue weighted by molar-refractivity contribution is 6.74. The molecule has 2 saturated heterocycles. The summed E-state index contributed by atoms with van der Waals surface area (Å²) in [5, 5.41) is 0.0659. The number of amides is 1. The lowest BCUT2D eigenvalue weighted by Crippen LogP contribution is -2.58. The predicted octanol–water partition coefficient (Wildman–Crippen LogP) is 4.39. The highest BCUT2D eigenvalue weighted by atomic mass is 28.4. The minimum Gasteiger partial charge on any atom is -0.467 e. The molecule has 2 aliphatic rings. The molecule has 3 rings (SSSR count). The summed E-state index contributed by atoms with van der Waals surface area (Å²) >= 11 is 0. The Morgan fingerprint density at radius 2 is 1.82 bits per heavy atom. The first-order valence-electron chi connectivity index (χ1n) is 10.2. The maximum absolute atomic E-state index is 13.5. The average molecular weight is 404 g/mol. The van der Waals surface area contributed by atoms with Gasteiger partial charge in [-0.25, -0.2) is 4.79 Å². The van der Waals surface area contributed by atoms with Crippen molar-refractivity contribution < 1.29 is 18.8 Å². The van der Waals surface area contributed by atoms with E-state index >= 15 is 0 Å². The summed E-state index contributed by atoms with van der Waals surface area (Å²) < 4.78 is 11.9. The molecule has 3 atom stereocenters.